The van der Waals surface area contributed by atoms with Crippen LogP contribution in [0.1, 0.15) is 12.8 Å². The molecule has 1 saturated carbocycles. The van der Waals surface area contributed by atoms with E-state index in [0.717, 1.165) is 29.0 Å². The van der Waals surface area contributed by atoms with Crippen LogP contribution in [-0.4, -0.2) is 30.8 Å². The SMILES string of the molecule is O=C(Nc1ccc(Sc2nc(Nc3ncc[nH]3)nc(-c3ccccc3)n2)cc1)C1CC1. The number of rotatable bonds is 7. The minimum atomic E-state index is 0.0963. The largest absolute Gasteiger partial charge is 0.331 e. The highest BCUT2D eigenvalue weighted by Crippen LogP contribution is 2.31. The van der Waals surface area contributed by atoms with Crippen molar-refractivity contribution >= 4 is 35.3 Å². The number of benzene rings is 2. The first-order chi connectivity index (χ1) is 15.2. The van der Waals surface area contributed by atoms with Crippen molar-refractivity contribution in [3.8, 4) is 11.4 Å². The minimum absolute atomic E-state index is 0.0963. The van der Waals surface area contributed by atoms with Crippen molar-refractivity contribution in [1.82, 2.24) is 24.9 Å². The minimum Gasteiger partial charge on any atom is -0.331 e. The van der Waals surface area contributed by atoms with Gasteiger partial charge in [0.1, 0.15) is 0 Å². The number of aromatic nitrogens is 5. The van der Waals surface area contributed by atoms with E-state index in [9.17, 15) is 4.79 Å². The topological polar surface area (TPSA) is 108 Å². The Morgan fingerprint density at radius 2 is 1.81 bits per heavy atom. The maximum absolute atomic E-state index is 11.9. The summed E-state index contributed by atoms with van der Waals surface area (Å²) in [4.78, 5) is 33.7. The molecule has 1 amide bonds. The Hall–Kier alpha value is -3.72. The van der Waals surface area contributed by atoms with Crippen molar-refractivity contribution in [2.45, 2.75) is 22.9 Å². The Morgan fingerprint density at radius 3 is 2.52 bits per heavy atom. The number of nitrogens with zero attached hydrogens (tertiary/aromatic N) is 4. The maximum atomic E-state index is 11.9. The summed E-state index contributed by atoms with van der Waals surface area (Å²) in [7, 11) is 0. The Kier molecular flexibility index (Phi) is 5.32. The second kappa shape index (κ2) is 8.57. The number of imidazole rings is 1. The predicted octanol–water partition coefficient (Wildman–Crippen LogP) is 4.51. The standard InChI is InChI=1S/C22H19N7OS/c30-19(15-6-7-15)25-16-8-10-17(11-9-16)31-22-27-18(14-4-2-1-3-5-14)26-21(29-22)28-20-23-12-13-24-20/h1-5,8-13,15H,6-7H2,(H,25,30)(H2,23,24,26,27,28,29). The summed E-state index contributed by atoms with van der Waals surface area (Å²) in [6.07, 6.45) is 5.34. The number of aromatic amines is 1. The van der Waals surface area contributed by atoms with Gasteiger partial charge in [0.2, 0.25) is 17.8 Å². The Bertz CT molecular complexity index is 1180. The molecular weight excluding hydrogens is 410 g/mol. The van der Waals surface area contributed by atoms with Gasteiger partial charge in [-0.2, -0.15) is 9.97 Å². The zero-order valence-corrected chi connectivity index (χ0v) is 17.3. The van der Waals surface area contributed by atoms with Gasteiger partial charge in [0, 0.05) is 34.5 Å². The number of hydrogen-bond donors (Lipinski definition) is 3. The summed E-state index contributed by atoms with van der Waals surface area (Å²) < 4.78 is 0. The monoisotopic (exact) mass is 429 g/mol. The lowest BCUT2D eigenvalue weighted by Gasteiger charge is -2.08. The van der Waals surface area contributed by atoms with Crippen LogP contribution in [0.15, 0.2) is 77.0 Å². The molecule has 0 atom stereocenters. The molecule has 2 aromatic carbocycles. The lowest BCUT2D eigenvalue weighted by Crippen LogP contribution is -2.12. The van der Waals surface area contributed by atoms with Crippen LogP contribution in [-0.2, 0) is 4.79 Å². The van der Waals surface area contributed by atoms with Crippen LogP contribution < -0.4 is 10.6 Å². The van der Waals surface area contributed by atoms with Gasteiger partial charge >= 0.3 is 0 Å². The summed E-state index contributed by atoms with van der Waals surface area (Å²) >= 11 is 1.42. The predicted molar refractivity (Wildman–Crippen MR) is 119 cm³/mol. The molecule has 154 valence electrons. The van der Waals surface area contributed by atoms with Gasteiger partial charge < -0.3 is 10.3 Å². The lowest BCUT2D eigenvalue weighted by molar-refractivity contribution is -0.117. The van der Waals surface area contributed by atoms with Crippen molar-refractivity contribution in [2.75, 3.05) is 10.6 Å². The van der Waals surface area contributed by atoms with Gasteiger partial charge in [-0.3, -0.25) is 10.1 Å². The van der Waals surface area contributed by atoms with Crippen LogP contribution in [0.2, 0.25) is 0 Å². The van der Waals surface area contributed by atoms with Crippen molar-refractivity contribution in [2.24, 2.45) is 5.92 Å². The lowest BCUT2D eigenvalue weighted by atomic mass is 10.2. The third kappa shape index (κ3) is 4.89. The van der Waals surface area contributed by atoms with Crippen molar-refractivity contribution in [1.29, 1.82) is 0 Å². The molecular formula is C22H19N7OS. The highest BCUT2D eigenvalue weighted by Gasteiger charge is 2.29. The second-order valence-corrected chi connectivity index (χ2v) is 8.12. The third-order valence-electron chi connectivity index (χ3n) is 4.65. The second-order valence-electron chi connectivity index (χ2n) is 7.08. The zero-order valence-electron chi connectivity index (χ0n) is 16.4. The van der Waals surface area contributed by atoms with E-state index in [2.05, 4.69) is 35.6 Å². The molecule has 31 heavy (non-hydrogen) atoms. The summed E-state index contributed by atoms with van der Waals surface area (Å²) in [6.45, 7) is 0. The molecule has 1 aliphatic carbocycles. The molecule has 0 spiro atoms. The molecule has 2 aromatic heterocycles. The first kappa shape index (κ1) is 19.3. The van der Waals surface area contributed by atoms with Crippen molar-refractivity contribution in [3.63, 3.8) is 0 Å². The van der Waals surface area contributed by atoms with Gasteiger partial charge in [-0.1, -0.05) is 30.3 Å². The van der Waals surface area contributed by atoms with Crippen molar-refractivity contribution in [3.05, 3.63) is 67.0 Å². The molecule has 1 aliphatic rings. The van der Waals surface area contributed by atoms with E-state index in [0.29, 0.717) is 22.9 Å². The van der Waals surface area contributed by atoms with E-state index in [1.54, 1.807) is 12.4 Å². The Morgan fingerprint density at radius 1 is 1.00 bits per heavy atom. The summed E-state index contributed by atoms with van der Waals surface area (Å²) in [5.74, 6) is 1.80. The van der Waals surface area contributed by atoms with Crippen molar-refractivity contribution < 1.29 is 4.79 Å². The molecule has 0 saturated heterocycles. The Labute approximate surface area is 183 Å². The number of nitrogens with one attached hydrogen (secondary N) is 3. The number of carbonyl (C=O) groups excluding carboxylic acids is 1. The summed E-state index contributed by atoms with van der Waals surface area (Å²) in [6, 6.07) is 17.4. The smallest absolute Gasteiger partial charge is 0.234 e. The van der Waals surface area contributed by atoms with Crippen LogP contribution in [0.25, 0.3) is 11.4 Å². The van der Waals surface area contributed by atoms with Gasteiger partial charge in [0.05, 0.1) is 0 Å². The molecule has 0 radical (unpaired) electrons. The van der Waals surface area contributed by atoms with Gasteiger partial charge in [0.15, 0.2) is 11.0 Å². The van der Waals surface area contributed by atoms with Crippen LogP contribution in [0.3, 0.4) is 0 Å². The quantitative estimate of drug-likeness (QED) is 0.397. The molecule has 0 aliphatic heterocycles. The molecule has 4 aromatic rings. The number of anilines is 3. The van der Waals surface area contributed by atoms with Gasteiger partial charge in [0.25, 0.3) is 0 Å². The van der Waals surface area contributed by atoms with E-state index in [4.69, 9.17) is 0 Å². The zero-order chi connectivity index (χ0) is 21.0. The average molecular weight is 430 g/mol. The molecule has 9 heteroatoms. The fraction of sp³-hybridized carbons (Fsp3) is 0.136. The van der Waals surface area contributed by atoms with Crippen LogP contribution in [0, 0.1) is 5.92 Å². The fourth-order valence-electron chi connectivity index (χ4n) is 2.92. The van der Waals surface area contributed by atoms with Gasteiger partial charge in [-0.05, 0) is 48.9 Å². The molecule has 0 unspecified atom stereocenters. The molecule has 2 heterocycles. The normalized spacial score (nSPS) is 13.0. The molecule has 0 bridgehead atoms. The highest BCUT2D eigenvalue weighted by atomic mass is 32.2. The molecule has 5 rings (SSSR count). The van der Waals surface area contributed by atoms with Gasteiger partial charge in [-0.25, -0.2) is 9.97 Å². The molecule has 3 N–H and O–H groups in total. The number of amides is 1. The summed E-state index contributed by atoms with van der Waals surface area (Å²) in [5, 5.41) is 6.58. The van der Waals surface area contributed by atoms with Crippen LogP contribution in [0.4, 0.5) is 17.6 Å². The first-order valence-corrected chi connectivity index (χ1v) is 10.7. The van der Waals surface area contributed by atoms with Crippen LogP contribution >= 0.6 is 11.8 Å². The van der Waals surface area contributed by atoms with Crippen LogP contribution in [0.5, 0.6) is 0 Å². The van der Waals surface area contributed by atoms with E-state index >= 15 is 0 Å². The number of H-pyrrole nitrogens is 1. The van der Waals surface area contributed by atoms with E-state index < -0.39 is 0 Å². The maximum Gasteiger partial charge on any atom is 0.234 e. The van der Waals surface area contributed by atoms with E-state index in [1.165, 1.54) is 11.8 Å². The van der Waals surface area contributed by atoms with E-state index in [-0.39, 0.29) is 11.8 Å². The number of carbonyl (C=O) groups is 1. The fourth-order valence-corrected chi connectivity index (χ4v) is 3.66. The molecule has 8 nitrogen and oxygen atoms in total. The number of hydrogen-bond acceptors (Lipinski definition) is 7. The highest BCUT2D eigenvalue weighted by molar-refractivity contribution is 7.99. The Balaban J connectivity index is 1.38. The first-order valence-electron chi connectivity index (χ1n) is 9.90. The average Bonchev–Trinajstić information content (AvgIpc) is 3.53. The summed E-state index contributed by atoms with van der Waals surface area (Å²) in [5.41, 5.74) is 1.69. The van der Waals surface area contributed by atoms with E-state index in [1.807, 2.05) is 54.6 Å². The molecule has 1 fully saturated rings. The third-order valence-corrected chi connectivity index (χ3v) is 5.53. The van der Waals surface area contributed by atoms with Gasteiger partial charge in [-0.15, -0.1) is 0 Å².